The molecule has 0 unspecified atom stereocenters. The van der Waals surface area contributed by atoms with Gasteiger partial charge in [0.1, 0.15) is 6.61 Å². The Morgan fingerprint density at radius 2 is 0.865 bits per heavy atom. The van der Waals surface area contributed by atoms with Crippen molar-refractivity contribution < 1.29 is 4.74 Å². The second kappa shape index (κ2) is 13.5. The zero-order chi connectivity index (χ0) is 34.9. The molecule has 0 aliphatic carbocycles. The van der Waals surface area contributed by atoms with Gasteiger partial charge in [-0.05, 0) is 97.7 Å². The van der Waals surface area contributed by atoms with Gasteiger partial charge in [0, 0.05) is 28.0 Å². The summed E-state index contributed by atoms with van der Waals surface area (Å²) in [6.07, 6.45) is 0. The fourth-order valence-electron chi connectivity index (χ4n) is 7.35. The van der Waals surface area contributed by atoms with Crippen molar-refractivity contribution in [1.82, 2.24) is 0 Å². The van der Waals surface area contributed by atoms with Crippen LogP contribution < -0.4 is 15.4 Å². The number of nitrogens with two attached hydrogens (primary N) is 1. The van der Waals surface area contributed by atoms with Gasteiger partial charge in [-0.1, -0.05) is 146 Å². The first-order valence-electron chi connectivity index (χ1n) is 17.7. The topological polar surface area (TPSA) is 38.5 Å². The van der Waals surface area contributed by atoms with Crippen LogP contribution in [0.4, 0.5) is 22.7 Å². The van der Waals surface area contributed by atoms with Gasteiger partial charge in [-0.3, -0.25) is 0 Å². The minimum Gasteiger partial charge on any atom is -0.486 e. The Labute approximate surface area is 303 Å². The van der Waals surface area contributed by atoms with E-state index in [2.05, 4.69) is 169 Å². The summed E-state index contributed by atoms with van der Waals surface area (Å²) in [5.74, 6) is 0.701. The molecule has 3 nitrogen and oxygen atoms in total. The van der Waals surface area contributed by atoms with Crippen molar-refractivity contribution in [1.29, 1.82) is 0 Å². The molecule has 0 radical (unpaired) electrons. The molecule has 0 spiro atoms. The number of nitrogen functional groups attached to an aromatic ring is 1. The van der Waals surface area contributed by atoms with E-state index < -0.39 is 0 Å². The van der Waals surface area contributed by atoms with Crippen LogP contribution in [0.15, 0.2) is 194 Å². The Kier molecular flexibility index (Phi) is 8.07. The smallest absolute Gasteiger partial charge is 0.151 e. The minimum absolute atomic E-state index is 0.432. The Morgan fingerprint density at radius 1 is 0.404 bits per heavy atom. The number of benzene rings is 9. The molecule has 0 saturated carbocycles. The lowest BCUT2D eigenvalue weighted by atomic mass is 9.93. The summed E-state index contributed by atoms with van der Waals surface area (Å²) in [5, 5.41) is 7.11. The van der Waals surface area contributed by atoms with Crippen LogP contribution in [-0.2, 0) is 6.61 Å². The number of hydrogen-bond donors (Lipinski definition) is 1. The second-order valence-corrected chi connectivity index (χ2v) is 13.1. The van der Waals surface area contributed by atoms with Crippen molar-refractivity contribution in [2.75, 3.05) is 10.6 Å². The van der Waals surface area contributed by atoms with E-state index in [4.69, 9.17) is 10.5 Å². The molecule has 9 aromatic carbocycles. The number of anilines is 4. The van der Waals surface area contributed by atoms with Crippen LogP contribution in [0.1, 0.15) is 5.56 Å². The SMILES string of the molecule is Nc1c(OCc2ccccc2)c(-c2ccc(N(c3ccccc3)c3ccc(-c4cc5ccccc5c5ccccc45)cc3)cc2)cc2ccccc12. The molecular weight excluding hydrogens is 633 g/mol. The number of para-hydroxylation sites is 1. The number of nitrogens with zero attached hydrogens (tertiary/aromatic N) is 1. The van der Waals surface area contributed by atoms with Gasteiger partial charge in [-0.25, -0.2) is 0 Å². The van der Waals surface area contributed by atoms with Crippen LogP contribution in [0.3, 0.4) is 0 Å². The Balaban J connectivity index is 1.10. The summed E-state index contributed by atoms with van der Waals surface area (Å²) in [7, 11) is 0. The molecule has 0 saturated heterocycles. The largest absolute Gasteiger partial charge is 0.486 e. The van der Waals surface area contributed by atoms with Crippen LogP contribution in [0.25, 0.3) is 54.6 Å². The lowest BCUT2D eigenvalue weighted by Gasteiger charge is -2.26. The highest BCUT2D eigenvalue weighted by molar-refractivity contribution is 6.13. The van der Waals surface area contributed by atoms with Gasteiger partial charge in [-0.15, -0.1) is 0 Å². The first kappa shape index (κ1) is 31.2. The highest BCUT2D eigenvalue weighted by Gasteiger charge is 2.18. The fraction of sp³-hybridized carbons (Fsp3) is 0.0204. The van der Waals surface area contributed by atoms with Gasteiger partial charge in [0.2, 0.25) is 0 Å². The van der Waals surface area contributed by atoms with Crippen LogP contribution in [0, 0.1) is 0 Å². The van der Waals surface area contributed by atoms with Crippen LogP contribution >= 0.6 is 0 Å². The minimum atomic E-state index is 0.432. The van der Waals surface area contributed by atoms with Gasteiger partial charge < -0.3 is 15.4 Å². The van der Waals surface area contributed by atoms with E-state index in [-0.39, 0.29) is 0 Å². The normalized spacial score (nSPS) is 11.2. The van der Waals surface area contributed by atoms with Crippen molar-refractivity contribution in [3.63, 3.8) is 0 Å². The molecule has 0 amide bonds. The predicted octanol–water partition coefficient (Wildman–Crippen LogP) is 13.1. The maximum absolute atomic E-state index is 6.83. The third kappa shape index (κ3) is 5.78. The highest BCUT2D eigenvalue weighted by Crippen LogP contribution is 2.43. The summed E-state index contributed by atoms with van der Waals surface area (Å²) in [5.41, 5.74) is 16.2. The predicted molar refractivity (Wildman–Crippen MR) is 220 cm³/mol. The van der Waals surface area contributed by atoms with Crippen LogP contribution in [0.5, 0.6) is 5.75 Å². The van der Waals surface area contributed by atoms with E-state index in [1.54, 1.807) is 0 Å². The van der Waals surface area contributed by atoms with E-state index in [1.165, 1.54) is 32.7 Å². The monoisotopic (exact) mass is 668 g/mol. The molecule has 0 aliphatic heterocycles. The standard InChI is InChI=1S/C49H36N2O/c50-48-43-20-10-8-16-38(43)32-47(49(48)52-33-34-13-3-1-4-14-34)36-25-29-41(30-26-36)51(39-17-5-2-6-18-39)40-27-23-35(24-28-40)46-31-37-15-7-9-19-42(37)44-21-11-12-22-45(44)46/h1-32H,33,50H2. The van der Waals surface area contributed by atoms with E-state index in [0.717, 1.165) is 44.5 Å². The molecule has 2 N–H and O–H groups in total. The Bertz CT molecular complexity index is 2670. The highest BCUT2D eigenvalue weighted by atomic mass is 16.5. The van der Waals surface area contributed by atoms with E-state index in [9.17, 15) is 0 Å². The zero-order valence-corrected chi connectivity index (χ0v) is 28.6. The van der Waals surface area contributed by atoms with Crippen molar-refractivity contribution in [3.05, 3.63) is 200 Å². The third-order valence-corrected chi connectivity index (χ3v) is 9.92. The number of ether oxygens (including phenoxy) is 1. The third-order valence-electron chi connectivity index (χ3n) is 9.92. The second-order valence-electron chi connectivity index (χ2n) is 13.1. The van der Waals surface area contributed by atoms with Gasteiger partial charge in [-0.2, -0.15) is 0 Å². The van der Waals surface area contributed by atoms with Crippen molar-refractivity contribution in [2.45, 2.75) is 6.61 Å². The average molecular weight is 669 g/mol. The summed E-state index contributed by atoms with van der Waals surface area (Å²) in [6, 6.07) is 68.4. The zero-order valence-electron chi connectivity index (χ0n) is 28.6. The van der Waals surface area contributed by atoms with E-state index in [0.29, 0.717) is 18.0 Å². The molecule has 0 aliphatic rings. The maximum atomic E-state index is 6.83. The van der Waals surface area contributed by atoms with Crippen LogP contribution in [0.2, 0.25) is 0 Å². The molecule has 3 heteroatoms. The lowest BCUT2D eigenvalue weighted by molar-refractivity contribution is 0.309. The maximum Gasteiger partial charge on any atom is 0.151 e. The van der Waals surface area contributed by atoms with E-state index in [1.807, 2.05) is 30.3 Å². The number of hydrogen-bond acceptors (Lipinski definition) is 3. The first-order valence-corrected chi connectivity index (χ1v) is 17.7. The molecule has 9 aromatic rings. The van der Waals surface area contributed by atoms with Crippen LogP contribution in [-0.4, -0.2) is 0 Å². The van der Waals surface area contributed by atoms with Crippen molar-refractivity contribution in [3.8, 4) is 28.0 Å². The van der Waals surface area contributed by atoms with E-state index >= 15 is 0 Å². The Hall–Kier alpha value is -6.84. The summed E-state index contributed by atoms with van der Waals surface area (Å²) >= 11 is 0. The molecule has 248 valence electrons. The van der Waals surface area contributed by atoms with Gasteiger partial charge in [0.05, 0.1) is 5.69 Å². The summed E-state index contributed by atoms with van der Waals surface area (Å²) < 4.78 is 6.50. The van der Waals surface area contributed by atoms with Crippen molar-refractivity contribution >= 4 is 55.1 Å². The number of rotatable bonds is 8. The molecule has 0 aromatic heterocycles. The number of fused-ring (bicyclic) bond motifs is 4. The Morgan fingerprint density at radius 3 is 1.52 bits per heavy atom. The van der Waals surface area contributed by atoms with Gasteiger partial charge in [0.25, 0.3) is 0 Å². The van der Waals surface area contributed by atoms with Crippen molar-refractivity contribution in [2.24, 2.45) is 0 Å². The average Bonchev–Trinajstić information content (AvgIpc) is 3.22. The lowest BCUT2D eigenvalue weighted by Crippen LogP contribution is -2.09. The molecular formula is C49H36N2O. The molecule has 0 bridgehead atoms. The van der Waals surface area contributed by atoms with Gasteiger partial charge >= 0.3 is 0 Å². The quantitative estimate of drug-likeness (QED) is 0.129. The molecule has 0 fully saturated rings. The fourth-order valence-corrected chi connectivity index (χ4v) is 7.35. The summed E-state index contributed by atoms with van der Waals surface area (Å²) in [6.45, 7) is 0.432. The first-order chi connectivity index (χ1) is 25.7. The van der Waals surface area contributed by atoms with Gasteiger partial charge in [0.15, 0.2) is 5.75 Å². The molecule has 0 heterocycles. The molecule has 0 atom stereocenters. The summed E-state index contributed by atoms with van der Waals surface area (Å²) in [4.78, 5) is 2.30. The molecule has 52 heavy (non-hydrogen) atoms. The molecule has 9 rings (SSSR count).